The number of hydrogen-bond acceptors (Lipinski definition) is 5. The Morgan fingerprint density at radius 2 is 2.06 bits per heavy atom. The van der Waals surface area contributed by atoms with Gasteiger partial charge in [0.25, 0.3) is 11.7 Å². The topological polar surface area (TPSA) is 76.3 Å². The number of Topliss-reactive ketones (excluding diaryl/α,β-unsaturated/α-hetero) is 1. The van der Waals surface area contributed by atoms with Gasteiger partial charge in [0.15, 0.2) is 5.82 Å². The Balaban J connectivity index is 1.98. The van der Waals surface area contributed by atoms with E-state index in [-0.39, 0.29) is 6.54 Å². The van der Waals surface area contributed by atoms with Gasteiger partial charge in [-0.25, -0.2) is 0 Å². The number of carbonyl (C=O) groups is 2. The summed E-state index contributed by atoms with van der Waals surface area (Å²) < 4.78 is 4.84. The molecule has 6 nitrogen and oxygen atoms in total. The van der Waals surface area contributed by atoms with Crippen LogP contribution in [0.15, 0.2) is 28.8 Å². The van der Waals surface area contributed by atoms with Gasteiger partial charge in [0, 0.05) is 6.92 Å². The highest BCUT2D eigenvalue weighted by Crippen LogP contribution is 2.29. The van der Waals surface area contributed by atoms with Crippen molar-refractivity contribution in [1.29, 1.82) is 0 Å². The summed E-state index contributed by atoms with van der Waals surface area (Å²) in [5.41, 5.74) is 1.01. The van der Waals surface area contributed by atoms with Crippen LogP contribution >= 0.6 is 0 Å². The van der Waals surface area contributed by atoms with Gasteiger partial charge in [0.05, 0.1) is 17.8 Å². The molecule has 2 aromatic rings. The molecule has 0 saturated carbocycles. The highest BCUT2D eigenvalue weighted by Gasteiger charge is 2.35. The first-order valence-electron chi connectivity index (χ1n) is 5.41. The van der Waals surface area contributed by atoms with Crippen molar-refractivity contribution >= 4 is 17.4 Å². The van der Waals surface area contributed by atoms with Crippen molar-refractivity contribution in [3.63, 3.8) is 0 Å². The molecule has 1 aliphatic rings. The van der Waals surface area contributed by atoms with E-state index < -0.39 is 11.7 Å². The van der Waals surface area contributed by atoms with Crippen LogP contribution in [0.25, 0.3) is 0 Å². The summed E-state index contributed by atoms with van der Waals surface area (Å²) in [6.45, 7) is 1.81. The van der Waals surface area contributed by atoms with Gasteiger partial charge in [0.2, 0.25) is 5.89 Å². The van der Waals surface area contributed by atoms with Crippen LogP contribution in [0.4, 0.5) is 5.69 Å². The number of aryl methyl sites for hydroxylation is 1. The lowest BCUT2D eigenvalue weighted by Crippen LogP contribution is -2.29. The second-order valence-electron chi connectivity index (χ2n) is 3.97. The Labute approximate surface area is 102 Å². The monoisotopic (exact) mass is 243 g/mol. The highest BCUT2D eigenvalue weighted by molar-refractivity contribution is 6.52. The molecule has 1 aromatic carbocycles. The third kappa shape index (κ3) is 1.50. The van der Waals surface area contributed by atoms with Crippen molar-refractivity contribution in [2.45, 2.75) is 13.5 Å². The van der Waals surface area contributed by atoms with E-state index in [4.69, 9.17) is 4.52 Å². The van der Waals surface area contributed by atoms with Crippen molar-refractivity contribution in [3.05, 3.63) is 41.5 Å². The minimum atomic E-state index is -0.557. The van der Waals surface area contributed by atoms with Crippen LogP contribution in [0.1, 0.15) is 22.1 Å². The number of aromatic nitrogens is 2. The molecule has 0 spiro atoms. The minimum absolute atomic E-state index is 0.138. The number of para-hydroxylation sites is 1. The highest BCUT2D eigenvalue weighted by atomic mass is 16.5. The molecule has 1 aliphatic heterocycles. The third-order valence-corrected chi connectivity index (χ3v) is 2.75. The Kier molecular flexibility index (Phi) is 2.22. The summed E-state index contributed by atoms with van der Waals surface area (Å²) in [5, 5.41) is 3.72. The maximum atomic E-state index is 11.9. The number of carbonyl (C=O) groups excluding carboxylic acids is 2. The van der Waals surface area contributed by atoms with Crippen LogP contribution in [0.5, 0.6) is 0 Å². The predicted octanol–water partition coefficient (Wildman–Crippen LogP) is 1.11. The largest absolute Gasteiger partial charge is 0.340 e. The first-order chi connectivity index (χ1) is 8.66. The Morgan fingerprint density at radius 1 is 1.28 bits per heavy atom. The lowest BCUT2D eigenvalue weighted by atomic mass is 10.1. The molecular weight excluding hydrogens is 234 g/mol. The average molecular weight is 243 g/mol. The second-order valence-corrected chi connectivity index (χ2v) is 3.97. The summed E-state index contributed by atoms with van der Waals surface area (Å²) in [6, 6.07) is 6.87. The lowest BCUT2D eigenvalue weighted by Gasteiger charge is -2.13. The normalized spacial score (nSPS) is 14.2. The number of nitrogens with zero attached hydrogens (tertiary/aromatic N) is 3. The van der Waals surface area contributed by atoms with Crippen molar-refractivity contribution < 1.29 is 14.1 Å². The number of benzene rings is 1. The molecule has 0 saturated heterocycles. The molecule has 1 amide bonds. The molecule has 0 atom stereocenters. The van der Waals surface area contributed by atoms with Gasteiger partial charge in [0.1, 0.15) is 0 Å². The van der Waals surface area contributed by atoms with E-state index in [0.29, 0.717) is 23.0 Å². The number of rotatable bonds is 2. The van der Waals surface area contributed by atoms with Crippen molar-refractivity contribution in [3.8, 4) is 0 Å². The van der Waals surface area contributed by atoms with E-state index in [2.05, 4.69) is 10.1 Å². The zero-order valence-electron chi connectivity index (χ0n) is 9.58. The molecule has 90 valence electrons. The predicted molar refractivity (Wildman–Crippen MR) is 61.0 cm³/mol. The van der Waals surface area contributed by atoms with Crippen LogP contribution in [0.3, 0.4) is 0 Å². The summed E-state index contributed by atoms with van der Waals surface area (Å²) in [6.07, 6.45) is 0. The van der Waals surface area contributed by atoms with E-state index in [1.807, 2.05) is 0 Å². The number of fused-ring (bicyclic) bond motifs is 1. The molecule has 0 aliphatic carbocycles. The fourth-order valence-corrected chi connectivity index (χ4v) is 1.95. The fraction of sp³-hybridized carbons (Fsp3) is 0.167. The summed E-state index contributed by atoms with van der Waals surface area (Å²) >= 11 is 0. The first-order valence-corrected chi connectivity index (χ1v) is 5.41. The number of amides is 1. The molecule has 0 bridgehead atoms. The first kappa shape index (κ1) is 10.6. The Bertz CT molecular complexity index is 648. The third-order valence-electron chi connectivity index (χ3n) is 2.75. The van der Waals surface area contributed by atoms with Gasteiger partial charge < -0.3 is 4.52 Å². The standard InChI is InChI=1S/C12H9N3O3/c1-7-13-10(14-18-7)6-15-9-5-3-2-4-8(9)11(16)12(15)17/h2-5H,6H2,1H3. The minimum Gasteiger partial charge on any atom is -0.340 e. The zero-order valence-corrected chi connectivity index (χ0v) is 9.58. The summed E-state index contributed by atoms with van der Waals surface area (Å²) in [7, 11) is 0. The van der Waals surface area contributed by atoms with Crippen molar-refractivity contribution in [1.82, 2.24) is 10.1 Å². The second kappa shape index (κ2) is 3.76. The fourth-order valence-electron chi connectivity index (χ4n) is 1.95. The maximum absolute atomic E-state index is 11.9. The molecule has 0 radical (unpaired) electrons. The quantitative estimate of drug-likeness (QED) is 0.738. The Morgan fingerprint density at radius 3 is 2.78 bits per heavy atom. The molecule has 6 heteroatoms. The molecule has 1 aromatic heterocycles. The van der Waals surface area contributed by atoms with Gasteiger partial charge in [-0.3, -0.25) is 14.5 Å². The molecular formula is C12H9N3O3. The van der Waals surface area contributed by atoms with Crippen LogP contribution < -0.4 is 4.90 Å². The smallest absolute Gasteiger partial charge is 0.299 e. The number of anilines is 1. The SMILES string of the molecule is Cc1nc(CN2C(=O)C(=O)c3ccccc32)no1. The van der Waals surface area contributed by atoms with E-state index in [1.54, 1.807) is 31.2 Å². The van der Waals surface area contributed by atoms with Crippen molar-refractivity contribution in [2.75, 3.05) is 4.90 Å². The van der Waals surface area contributed by atoms with E-state index in [0.717, 1.165) is 0 Å². The average Bonchev–Trinajstić information content (AvgIpc) is 2.88. The summed E-state index contributed by atoms with van der Waals surface area (Å²) in [4.78, 5) is 29.0. The lowest BCUT2D eigenvalue weighted by molar-refractivity contribution is -0.114. The van der Waals surface area contributed by atoms with Gasteiger partial charge in [-0.1, -0.05) is 17.3 Å². The Hall–Kier alpha value is -2.50. The van der Waals surface area contributed by atoms with E-state index in [9.17, 15) is 9.59 Å². The number of ketones is 1. The van der Waals surface area contributed by atoms with E-state index >= 15 is 0 Å². The van der Waals surface area contributed by atoms with Crippen LogP contribution in [0.2, 0.25) is 0 Å². The van der Waals surface area contributed by atoms with Gasteiger partial charge >= 0.3 is 0 Å². The molecule has 0 N–H and O–H groups in total. The molecule has 0 unspecified atom stereocenters. The van der Waals surface area contributed by atoms with Gasteiger partial charge in [-0.2, -0.15) is 4.98 Å². The van der Waals surface area contributed by atoms with Gasteiger partial charge in [-0.05, 0) is 12.1 Å². The van der Waals surface area contributed by atoms with Crippen LogP contribution in [-0.4, -0.2) is 21.8 Å². The van der Waals surface area contributed by atoms with Crippen molar-refractivity contribution in [2.24, 2.45) is 0 Å². The molecule has 0 fully saturated rings. The van der Waals surface area contributed by atoms with E-state index in [1.165, 1.54) is 4.90 Å². The van der Waals surface area contributed by atoms with Crippen LogP contribution in [0, 0.1) is 6.92 Å². The zero-order chi connectivity index (χ0) is 12.7. The maximum Gasteiger partial charge on any atom is 0.299 e. The number of hydrogen-bond donors (Lipinski definition) is 0. The van der Waals surface area contributed by atoms with Crippen LogP contribution in [-0.2, 0) is 11.3 Å². The molecule has 3 rings (SSSR count). The van der Waals surface area contributed by atoms with Gasteiger partial charge in [-0.15, -0.1) is 0 Å². The molecule has 2 heterocycles. The molecule has 18 heavy (non-hydrogen) atoms. The summed E-state index contributed by atoms with van der Waals surface area (Å²) in [5.74, 6) is -0.244.